The van der Waals surface area contributed by atoms with Gasteiger partial charge < -0.3 is 9.15 Å². The largest absolute Gasteiger partial charge is 0.492 e. The van der Waals surface area contributed by atoms with Gasteiger partial charge in [0, 0.05) is 23.0 Å². The lowest BCUT2D eigenvalue weighted by Crippen LogP contribution is -2.25. The summed E-state index contributed by atoms with van der Waals surface area (Å²) >= 11 is 6.05. The van der Waals surface area contributed by atoms with Gasteiger partial charge in [-0.3, -0.25) is 4.90 Å². The number of likely N-dealkylation sites (tertiary alicyclic amines) is 1. The number of ether oxygens (including phenoxy) is 1. The normalized spacial score (nSPS) is 14.1. The van der Waals surface area contributed by atoms with Crippen molar-refractivity contribution in [2.75, 3.05) is 26.2 Å². The molecule has 0 N–H and O–H groups in total. The number of hydrogen-bond donors (Lipinski definition) is 0. The Labute approximate surface area is 202 Å². The van der Waals surface area contributed by atoms with Crippen LogP contribution in [0.4, 0.5) is 4.39 Å². The van der Waals surface area contributed by atoms with Crippen molar-refractivity contribution in [3.8, 4) is 16.9 Å². The SMILES string of the molecule is O=c1oc2cc(F)ccc2c(Cc2ccc(OCCN3CCCC3)cc2)c1-c1ccc(Cl)cc1. The van der Waals surface area contributed by atoms with Gasteiger partial charge in [0.1, 0.15) is 23.8 Å². The standard InChI is InChI=1S/C28H25ClFNO3/c29-21-7-5-20(6-8-21)27-25(24-12-9-22(30)18-26(24)34-28(27)32)17-19-3-10-23(11-4-19)33-16-15-31-13-1-2-14-31/h3-12,18H,1-2,13-17H2. The summed E-state index contributed by atoms with van der Waals surface area (Å²) in [6.07, 6.45) is 3.03. The molecule has 0 atom stereocenters. The highest BCUT2D eigenvalue weighted by molar-refractivity contribution is 6.30. The van der Waals surface area contributed by atoms with Crippen LogP contribution in [0.2, 0.25) is 5.02 Å². The molecular formula is C28H25ClFNO3. The van der Waals surface area contributed by atoms with E-state index in [0.29, 0.717) is 34.6 Å². The molecule has 0 saturated carbocycles. The van der Waals surface area contributed by atoms with Crippen molar-refractivity contribution < 1.29 is 13.5 Å². The highest BCUT2D eigenvalue weighted by Crippen LogP contribution is 2.31. The van der Waals surface area contributed by atoms with Crippen LogP contribution in [0.25, 0.3) is 22.1 Å². The lowest BCUT2D eigenvalue weighted by molar-refractivity contribution is 0.238. The zero-order chi connectivity index (χ0) is 23.5. The Balaban J connectivity index is 1.44. The predicted octanol–water partition coefficient (Wildman–Crippen LogP) is 6.32. The summed E-state index contributed by atoms with van der Waals surface area (Å²) in [6.45, 7) is 3.91. The van der Waals surface area contributed by atoms with E-state index in [4.69, 9.17) is 20.8 Å². The Morgan fingerprint density at radius 1 is 0.971 bits per heavy atom. The van der Waals surface area contributed by atoms with Crippen LogP contribution >= 0.6 is 11.6 Å². The van der Waals surface area contributed by atoms with Gasteiger partial charge >= 0.3 is 5.63 Å². The summed E-state index contributed by atoms with van der Waals surface area (Å²) < 4.78 is 25.3. The molecule has 1 aliphatic rings. The Hall–Kier alpha value is -3.15. The zero-order valence-corrected chi connectivity index (χ0v) is 19.5. The van der Waals surface area contributed by atoms with E-state index >= 15 is 0 Å². The minimum atomic E-state index is -0.503. The molecular weight excluding hydrogens is 453 g/mol. The number of benzene rings is 3. The lowest BCUT2D eigenvalue weighted by Gasteiger charge is -2.15. The average molecular weight is 478 g/mol. The van der Waals surface area contributed by atoms with Crippen molar-refractivity contribution in [2.24, 2.45) is 0 Å². The van der Waals surface area contributed by atoms with Gasteiger partial charge in [-0.2, -0.15) is 0 Å². The van der Waals surface area contributed by atoms with Crippen LogP contribution in [0.3, 0.4) is 0 Å². The van der Waals surface area contributed by atoms with E-state index in [-0.39, 0.29) is 5.58 Å². The Morgan fingerprint density at radius 3 is 2.44 bits per heavy atom. The Bertz CT molecular complexity index is 1340. The minimum absolute atomic E-state index is 0.236. The van der Waals surface area contributed by atoms with E-state index in [9.17, 15) is 9.18 Å². The molecule has 4 aromatic rings. The number of rotatable bonds is 7. The van der Waals surface area contributed by atoms with E-state index in [0.717, 1.165) is 36.5 Å². The second-order valence-corrected chi connectivity index (χ2v) is 9.04. The summed E-state index contributed by atoms with van der Waals surface area (Å²) in [5.41, 5.74) is 2.70. The van der Waals surface area contributed by atoms with E-state index in [1.54, 1.807) is 30.3 Å². The van der Waals surface area contributed by atoms with Crippen LogP contribution in [0.5, 0.6) is 5.75 Å². The average Bonchev–Trinajstić information content (AvgIpc) is 3.34. The first-order valence-corrected chi connectivity index (χ1v) is 11.9. The molecule has 0 bridgehead atoms. The molecule has 2 heterocycles. The zero-order valence-electron chi connectivity index (χ0n) is 18.7. The van der Waals surface area contributed by atoms with Gasteiger partial charge in [-0.15, -0.1) is 0 Å². The third kappa shape index (κ3) is 5.01. The topological polar surface area (TPSA) is 42.7 Å². The van der Waals surface area contributed by atoms with E-state index in [2.05, 4.69) is 4.90 Å². The Kier molecular flexibility index (Phi) is 6.66. The molecule has 5 rings (SSSR count). The quantitative estimate of drug-likeness (QED) is 0.292. The maximum Gasteiger partial charge on any atom is 0.344 e. The van der Waals surface area contributed by atoms with Gasteiger partial charge in [0.25, 0.3) is 0 Å². The van der Waals surface area contributed by atoms with Gasteiger partial charge in [-0.1, -0.05) is 35.9 Å². The van der Waals surface area contributed by atoms with E-state index < -0.39 is 11.4 Å². The maximum atomic E-state index is 13.8. The van der Waals surface area contributed by atoms with Crippen LogP contribution in [0.1, 0.15) is 24.0 Å². The molecule has 4 nitrogen and oxygen atoms in total. The van der Waals surface area contributed by atoms with Crippen molar-refractivity contribution in [2.45, 2.75) is 19.3 Å². The van der Waals surface area contributed by atoms with Crippen molar-refractivity contribution in [1.29, 1.82) is 0 Å². The highest BCUT2D eigenvalue weighted by Gasteiger charge is 2.18. The van der Waals surface area contributed by atoms with Gasteiger partial charge in [0.2, 0.25) is 0 Å². The first-order valence-electron chi connectivity index (χ1n) is 11.5. The molecule has 3 aromatic carbocycles. The minimum Gasteiger partial charge on any atom is -0.492 e. The summed E-state index contributed by atoms with van der Waals surface area (Å²) in [4.78, 5) is 15.4. The molecule has 1 aromatic heterocycles. The molecule has 0 aliphatic carbocycles. The van der Waals surface area contributed by atoms with Gasteiger partial charge in [-0.25, -0.2) is 9.18 Å². The molecule has 1 fully saturated rings. The fourth-order valence-electron chi connectivity index (χ4n) is 4.54. The highest BCUT2D eigenvalue weighted by atomic mass is 35.5. The molecule has 0 unspecified atom stereocenters. The second-order valence-electron chi connectivity index (χ2n) is 8.61. The Morgan fingerprint density at radius 2 is 1.71 bits per heavy atom. The van der Waals surface area contributed by atoms with E-state index in [1.165, 1.54) is 25.0 Å². The predicted molar refractivity (Wildman–Crippen MR) is 133 cm³/mol. The number of hydrogen-bond acceptors (Lipinski definition) is 4. The summed E-state index contributed by atoms with van der Waals surface area (Å²) in [5.74, 6) is 0.372. The number of fused-ring (bicyclic) bond motifs is 1. The van der Waals surface area contributed by atoms with Crippen LogP contribution < -0.4 is 10.4 Å². The molecule has 0 radical (unpaired) electrons. The van der Waals surface area contributed by atoms with Crippen molar-refractivity contribution in [3.63, 3.8) is 0 Å². The summed E-state index contributed by atoms with van der Waals surface area (Å²) in [5, 5.41) is 1.29. The molecule has 0 amide bonds. The molecule has 34 heavy (non-hydrogen) atoms. The molecule has 1 aliphatic heterocycles. The van der Waals surface area contributed by atoms with Crippen molar-refractivity contribution in [1.82, 2.24) is 4.90 Å². The monoisotopic (exact) mass is 477 g/mol. The first-order chi connectivity index (χ1) is 16.6. The first kappa shape index (κ1) is 22.6. The fourth-order valence-corrected chi connectivity index (χ4v) is 4.66. The smallest absolute Gasteiger partial charge is 0.344 e. The maximum absolute atomic E-state index is 13.8. The van der Waals surface area contributed by atoms with Gasteiger partial charge in [0.15, 0.2) is 0 Å². The van der Waals surface area contributed by atoms with Crippen molar-refractivity contribution >= 4 is 22.6 Å². The fraction of sp³-hybridized carbons (Fsp3) is 0.250. The molecule has 174 valence electrons. The molecule has 6 heteroatoms. The number of nitrogens with zero attached hydrogens (tertiary/aromatic N) is 1. The van der Waals surface area contributed by atoms with E-state index in [1.807, 2.05) is 24.3 Å². The van der Waals surface area contributed by atoms with Crippen LogP contribution in [0, 0.1) is 5.82 Å². The summed E-state index contributed by atoms with van der Waals surface area (Å²) in [6, 6.07) is 19.3. The van der Waals surface area contributed by atoms with Crippen LogP contribution in [-0.4, -0.2) is 31.1 Å². The van der Waals surface area contributed by atoms with Crippen molar-refractivity contribution in [3.05, 3.63) is 99.1 Å². The molecule has 0 spiro atoms. The third-order valence-electron chi connectivity index (χ3n) is 6.29. The lowest BCUT2D eigenvalue weighted by atomic mass is 9.93. The van der Waals surface area contributed by atoms with Crippen LogP contribution in [-0.2, 0) is 6.42 Å². The second kappa shape index (κ2) is 10.00. The van der Waals surface area contributed by atoms with Gasteiger partial charge in [-0.05, 0) is 85.4 Å². The number of halogens is 2. The summed E-state index contributed by atoms with van der Waals surface area (Å²) in [7, 11) is 0. The van der Waals surface area contributed by atoms with Crippen LogP contribution in [0.15, 0.2) is 75.9 Å². The molecule has 1 saturated heterocycles. The van der Waals surface area contributed by atoms with Gasteiger partial charge in [0.05, 0.1) is 5.56 Å². The third-order valence-corrected chi connectivity index (χ3v) is 6.54.